The summed E-state index contributed by atoms with van der Waals surface area (Å²) in [5, 5.41) is 139. The van der Waals surface area contributed by atoms with Crippen LogP contribution in [0.5, 0.6) is 0 Å². The highest BCUT2D eigenvalue weighted by molar-refractivity contribution is 5.71. The number of esters is 2. The molecule has 432 valence electrons. The monoisotopic (exact) mass is 1070 g/mol. The summed E-state index contributed by atoms with van der Waals surface area (Å²) in [5.74, 6) is -2.98. The summed E-state index contributed by atoms with van der Waals surface area (Å²) in [7, 11) is 0. The van der Waals surface area contributed by atoms with Crippen molar-refractivity contribution in [3.05, 3.63) is 0 Å². The summed E-state index contributed by atoms with van der Waals surface area (Å²) >= 11 is 0. The summed E-state index contributed by atoms with van der Waals surface area (Å²) in [6.07, 6.45) is -33.0. The third-order valence-corrected chi connectivity index (χ3v) is 15.4. The number of aliphatic hydroxyl groups is 13. The van der Waals surface area contributed by atoms with Gasteiger partial charge in [0, 0.05) is 12.8 Å². The minimum absolute atomic E-state index is 0.0561. The molecular weight excluding hydrogens is 989 g/mol. The van der Waals surface area contributed by atoms with Gasteiger partial charge in [0.1, 0.15) is 91.6 Å². The van der Waals surface area contributed by atoms with Gasteiger partial charge in [-0.15, -0.1) is 0 Å². The van der Waals surface area contributed by atoms with Gasteiger partial charge < -0.3 is 114 Å². The minimum atomic E-state index is -1.81. The van der Waals surface area contributed by atoms with Crippen LogP contribution in [0.25, 0.3) is 0 Å². The Balaban J connectivity index is 1.15. The number of aliphatic hydroxyl groups excluding tert-OH is 13. The van der Waals surface area contributed by atoms with Crippen molar-refractivity contribution in [3.63, 3.8) is 0 Å². The van der Waals surface area contributed by atoms with Crippen LogP contribution in [0.15, 0.2) is 0 Å². The van der Waals surface area contributed by atoms with E-state index in [9.17, 15) is 76.0 Å². The first-order valence-corrected chi connectivity index (χ1v) is 26.1. The molecule has 4 heterocycles. The molecule has 28 atom stereocenters. The molecule has 13 N–H and O–H groups in total. The van der Waals surface area contributed by atoms with E-state index in [4.69, 9.17) is 47.4 Å². The Labute approximate surface area is 431 Å². The molecule has 4 aliphatic heterocycles. The largest absolute Gasteiger partial charge is 0.462 e. The highest BCUT2D eigenvalue weighted by Gasteiger charge is 2.53. The second-order valence-corrected chi connectivity index (χ2v) is 21.4. The van der Waals surface area contributed by atoms with Crippen LogP contribution >= 0.6 is 0 Å². The number of carbonyl (C=O) groups excluding carboxylic acids is 2. The van der Waals surface area contributed by atoms with Gasteiger partial charge in [0.25, 0.3) is 0 Å². The normalized spacial score (nSPS) is 42.5. The van der Waals surface area contributed by atoms with Crippen molar-refractivity contribution < 1.29 is 123 Å². The first-order chi connectivity index (χ1) is 34.8. The van der Waals surface area contributed by atoms with Gasteiger partial charge in [0.05, 0.1) is 63.2 Å². The van der Waals surface area contributed by atoms with Gasteiger partial charge in [-0.2, -0.15) is 0 Å². The van der Waals surface area contributed by atoms with Crippen LogP contribution in [-0.4, -0.2) is 245 Å². The molecule has 25 nitrogen and oxygen atoms in total. The van der Waals surface area contributed by atoms with Crippen molar-refractivity contribution in [2.24, 2.45) is 29.6 Å². The van der Waals surface area contributed by atoms with E-state index < -0.39 is 198 Å². The third-order valence-electron chi connectivity index (χ3n) is 15.4. The molecule has 1 saturated carbocycles. The SMILES string of the molecule is CC[C@H](C)[C@H](C[C@H](O)CC(=O)OC1C(C)CC(C(C)C)C(OC2OC(C)C(OC3OCC(O)C(OC4OCC(O)C(O)C4O)C3O)C(O)C2O)C1O)OC(=O)C[C@@H](O)C[C@H](OC1OC(CO)C(O)C1O)[C@@H](C)CC. The number of ether oxygens (including phenoxy) is 10. The van der Waals surface area contributed by atoms with E-state index in [1.54, 1.807) is 13.8 Å². The van der Waals surface area contributed by atoms with Gasteiger partial charge in [-0.3, -0.25) is 9.59 Å². The summed E-state index contributed by atoms with van der Waals surface area (Å²) in [6.45, 7) is 13.1. The van der Waals surface area contributed by atoms with E-state index in [-0.39, 0.29) is 36.5 Å². The maximum Gasteiger partial charge on any atom is 0.308 e. The van der Waals surface area contributed by atoms with Crippen LogP contribution in [0.2, 0.25) is 0 Å². The molecule has 74 heavy (non-hydrogen) atoms. The van der Waals surface area contributed by atoms with Gasteiger partial charge in [-0.05, 0) is 42.9 Å². The van der Waals surface area contributed by atoms with E-state index in [0.29, 0.717) is 19.3 Å². The zero-order valence-electron chi connectivity index (χ0n) is 43.5. The van der Waals surface area contributed by atoms with Crippen molar-refractivity contribution in [1.29, 1.82) is 0 Å². The molecule has 0 aromatic carbocycles. The topological polar surface area (TPSA) is 389 Å². The summed E-state index contributed by atoms with van der Waals surface area (Å²) in [5.41, 5.74) is 0. The standard InChI is InChI=1S/C49H86O25/c1-9-20(5)29(68-32(55)14-25(52)13-30(21(6)10-2)69-49-38(61)35(58)31(16-50)70-49)12-24(51)15-33(56)71-42-22(7)11-26(19(3)4)44(40(42)63)73-48-39(62)36(59)43(23(8)67-48)72-47-41(64)45(28(54)18-66-47)74-46-37(60)34(57)27(53)17-65-46/h19-31,34-54,57-64H,9-18H2,1-8H3/t20-,21-,22?,23?,24-,25-,26?,27?,28?,29-,30-,31?,34?,35?,36?,37?,38?,39?,40?,41?,42?,43?,44?,45?,46?,47?,48?,49?/m0/s1. The van der Waals surface area contributed by atoms with E-state index in [1.807, 2.05) is 34.6 Å². The molecule has 0 amide bonds. The fourth-order valence-electron chi connectivity index (χ4n) is 10.2. The van der Waals surface area contributed by atoms with E-state index in [1.165, 1.54) is 6.92 Å². The lowest BCUT2D eigenvalue weighted by atomic mass is 9.71. The molecule has 0 radical (unpaired) electrons. The van der Waals surface area contributed by atoms with Crippen molar-refractivity contribution in [1.82, 2.24) is 0 Å². The van der Waals surface area contributed by atoms with Gasteiger partial charge in [0.15, 0.2) is 25.2 Å². The summed E-state index contributed by atoms with van der Waals surface area (Å²) < 4.78 is 57.5. The van der Waals surface area contributed by atoms with Crippen LogP contribution in [-0.2, 0) is 57.0 Å². The number of hydrogen-bond donors (Lipinski definition) is 13. The smallest absolute Gasteiger partial charge is 0.308 e. The van der Waals surface area contributed by atoms with Gasteiger partial charge in [-0.25, -0.2) is 0 Å². The lowest BCUT2D eigenvalue weighted by molar-refractivity contribution is -0.367. The Morgan fingerprint density at radius 1 is 0.568 bits per heavy atom. The second kappa shape index (κ2) is 28.3. The van der Waals surface area contributed by atoms with E-state index in [2.05, 4.69) is 0 Å². The Kier molecular flexibility index (Phi) is 24.1. The quantitative estimate of drug-likeness (QED) is 0.0424. The Bertz CT molecular complexity index is 1700. The summed E-state index contributed by atoms with van der Waals surface area (Å²) in [6, 6.07) is 0. The average molecular weight is 1080 g/mol. The second-order valence-electron chi connectivity index (χ2n) is 21.4. The predicted octanol–water partition coefficient (Wildman–Crippen LogP) is -3.18. The fraction of sp³-hybridized carbons (Fsp3) is 0.959. The Morgan fingerprint density at radius 3 is 1.69 bits per heavy atom. The van der Waals surface area contributed by atoms with Gasteiger partial charge in [-0.1, -0.05) is 61.3 Å². The third kappa shape index (κ3) is 15.7. The number of rotatable bonds is 24. The molecule has 22 unspecified atom stereocenters. The minimum Gasteiger partial charge on any atom is -0.462 e. The molecule has 0 aromatic heterocycles. The lowest BCUT2D eigenvalue weighted by Crippen LogP contribution is -2.64. The maximum absolute atomic E-state index is 13.5. The molecule has 0 aromatic rings. The summed E-state index contributed by atoms with van der Waals surface area (Å²) in [4.78, 5) is 26.7. The molecule has 5 fully saturated rings. The zero-order chi connectivity index (χ0) is 55.0. The predicted molar refractivity (Wildman–Crippen MR) is 250 cm³/mol. The molecule has 4 saturated heterocycles. The maximum atomic E-state index is 13.5. The number of carbonyl (C=O) groups is 2. The fourth-order valence-corrected chi connectivity index (χ4v) is 10.2. The molecule has 5 rings (SSSR count). The van der Waals surface area contributed by atoms with Crippen LogP contribution in [0.1, 0.15) is 100 Å². The molecular formula is C49H86O25. The average Bonchev–Trinajstić information content (AvgIpc) is 3.62. The highest BCUT2D eigenvalue weighted by atomic mass is 16.8. The number of hydrogen-bond acceptors (Lipinski definition) is 25. The molecule has 0 spiro atoms. The van der Waals surface area contributed by atoms with Crippen molar-refractivity contribution >= 4 is 11.9 Å². The molecule has 25 heteroatoms. The van der Waals surface area contributed by atoms with E-state index in [0.717, 1.165) is 0 Å². The molecule has 5 aliphatic rings. The first-order valence-electron chi connectivity index (χ1n) is 26.1. The van der Waals surface area contributed by atoms with Crippen LogP contribution < -0.4 is 0 Å². The first kappa shape index (κ1) is 62.9. The van der Waals surface area contributed by atoms with Crippen molar-refractivity contribution in [3.8, 4) is 0 Å². The Hall–Kier alpha value is -1.90. The van der Waals surface area contributed by atoms with E-state index >= 15 is 0 Å². The zero-order valence-corrected chi connectivity index (χ0v) is 43.5. The Morgan fingerprint density at radius 2 is 1.09 bits per heavy atom. The van der Waals surface area contributed by atoms with Gasteiger partial charge >= 0.3 is 11.9 Å². The lowest BCUT2D eigenvalue weighted by Gasteiger charge is -2.49. The van der Waals surface area contributed by atoms with Gasteiger partial charge in [0.2, 0.25) is 0 Å². The van der Waals surface area contributed by atoms with Crippen LogP contribution in [0.3, 0.4) is 0 Å². The van der Waals surface area contributed by atoms with Crippen LogP contribution in [0, 0.1) is 29.6 Å². The highest BCUT2D eigenvalue weighted by Crippen LogP contribution is 2.40. The molecule has 1 aliphatic carbocycles. The van der Waals surface area contributed by atoms with Crippen molar-refractivity contribution in [2.45, 2.75) is 248 Å². The molecule has 0 bridgehead atoms. The van der Waals surface area contributed by atoms with Crippen LogP contribution in [0.4, 0.5) is 0 Å². The van der Waals surface area contributed by atoms with Crippen molar-refractivity contribution in [2.75, 3.05) is 19.8 Å².